The SMILES string of the molecule is O=C(OCc1ccc([N+](=O)[O-])cc1)Oc1c[c]ccc1. The van der Waals surface area contributed by atoms with E-state index < -0.39 is 11.1 Å². The van der Waals surface area contributed by atoms with Crippen molar-refractivity contribution < 1.29 is 19.2 Å². The van der Waals surface area contributed by atoms with E-state index in [-0.39, 0.29) is 12.3 Å². The summed E-state index contributed by atoms with van der Waals surface area (Å²) in [6.07, 6.45) is -0.844. The van der Waals surface area contributed by atoms with Crippen LogP contribution in [0.5, 0.6) is 5.75 Å². The summed E-state index contributed by atoms with van der Waals surface area (Å²) in [5.41, 5.74) is 0.614. The zero-order valence-electron chi connectivity index (χ0n) is 10.3. The predicted octanol–water partition coefficient (Wildman–Crippen LogP) is 3.11. The van der Waals surface area contributed by atoms with Crippen molar-refractivity contribution in [3.05, 3.63) is 70.3 Å². The highest BCUT2D eigenvalue weighted by atomic mass is 16.7. The molecule has 0 aliphatic rings. The molecule has 2 rings (SSSR count). The van der Waals surface area contributed by atoms with Crippen molar-refractivity contribution in [1.29, 1.82) is 0 Å². The van der Waals surface area contributed by atoms with Crippen molar-refractivity contribution >= 4 is 11.8 Å². The second-order valence-corrected chi connectivity index (χ2v) is 3.80. The average molecular weight is 272 g/mol. The van der Waals surface area contributed by atoms with E-state index in [1.807, 2.05) is 0 Å². The van der Waals surface area contributed by atoms with E-state index in [1.165, 1.54) is 30.3 Å². The maximum absolute atomic E-state index is 11.4. The molecule has 0 spiro atoms. The van der Waals surface area contributed by atoms with Crippen LogP contribution in [0.1, 0.15) is 5.56 Å². The van der Waals surface area contributed by atoms with Gasteiger partial charge in [0.1, 0.15) is 12.4 Å². The van der Waals surface area contributed by atoms with Gasteiger partial charge in [-0.3, -0.25) is 10.1 Å². The molecule has 0 unspecified atom stereocenters. The smallest absolute Gasteiger partial charge is 0.429 e. The standard InChI is InChI=1S/C14H10NO5/c16-14(20-13-4-2-1-3-5-13)19-10-11-6-8-12(9-7-11)15(17)18/h1-2,4-9H,10H2. The molecule has 101 valence electrons. The van der Waals surface area contributed by atoms with Crippen LogP contribution >= 0.6 is 0 Å². The molecule has 0 saturated carbocycles. The third-order valence-corrected chi connectivity index (χ3v) is 2.38. The highest BCUT2D eigenvalue weighted by Crippen LogP contribution is 2.13. The van der Waals surface area contributed by atoms with E-state index in [9.17, 15) is 14.9 Å². The van der Waals surface area contributed by atoms with Crippen LogP contribution in [-0.2, 0) is 11.3 Å². The lowest BCUT2D eigenvalue weighted by molar-refractivity contribution is -0.384. The first-order valence-corrected chi connectivity index (χ1v) is 5.69. The molecule has 2 aromatic rings. The van der Waals surface area contributed by atoms with Gasteiger partial charge in [0.2, 0.25) is 0 Å². The van der Waals surface area contributed by atoms with Gasteiger partial charge in [0.25, 0.3) is 5.69 Å². The molecule has 2 aromatic carbocycles. The van der Waals surface area contributed by atoms with Crippen molar-refractivity contribution in [2.45, 2.75) is 6.61 Å². The van der Waals surface area contributed by atoms with Crippen molar-refractivity contribution in [2.24, 2.45) is 0 Å². The first kappa shape index (κ1) is 13.5. The lowest BCUT2D eigenvalue weighted by Crippen LogP contribution is -2.10. The number of carbonyl (C=O) groups is 1. The van der Waals surface area contributed by atoms with Gasteiger partial charge < -0.3 is 9.47 Å². The first-order chi connectivity index (χ1) is 9.65. The highest BCUT2D eigenvalue weighted by molar-refractivity contribution is 5.63. The number of nitro benzene ring substituents is 1. The number of ether oxygens (including phenoxy) is 2. The van der Waals surface area contributed by atoms with Gasteiger partial charge in [-0.25, -0.2) is 4.79 Å². The molecule has 0 fully saturated rings. The van der Waals surface area contributed by atoms with Gasteiger partial charge in [-0.05, 0) is 35.9 Å². The summed E-state index contributed by atoms with van der Waals surface area (Å²) < 4.78 is 9.78. The Labute approximate surface area is 114 Å². The van der Waals surface area contributed by atoms with Crippen LogP contribution in [0.15, 0.2) is 48.5 Å². The molecule has 1 radical (unpaired) electrons. The van der Waals surface area contributed by atoms with Gasteiger partial charge in [-0.1, -0.05) is 12.1 Å². The Morgan fingerprint density at radius 2 is 2.00 bits per heavy atom. The number of carbonyl (C=O) groups excluding carboxylic acids is 1. The number of hydrogen-bond donors (Lipinski definition) is 0. The summed E-state index contributed by atoms with van der Waals surface area (Å²) in [7, 11) is 0. The van der Waals surface area contributed by atoms with Crippen LogP contribution in [0, 0.1) is 16.2 Å². The zero-order valence-corrected chi connectivity index (χ0v) is 10.3. The van der Waals surface area contributed by atoms with E-state index in [0.717, 1.165) is 0 Å². The summed E-state index contributed by atoms with van der Waals surface area (Å²) in [6.45, 7) is -0.0205. The second-order valence-electron chi connectivity index (χ2n) is 3.80. The molecule has 0 bridgehead atoms. The summed E-state index contributed by atoms with van der Waals surface area (Å²) in [5.74, 6) is 0.334. The molecule has 0 saturated heterocycles. The van der Waals surface area contributed by atoms with Crippen LogP contribution in [-0.4, -0.2) is 11.1 Å². The van der Waals surface area contributed by atoms with E-state index in [0.29, 0.717) is 11.3 Å². The minimum Gasteiger partial charge on any atom is -0.429 e. The van der Waals surface area contributed by atoms with E-state index in [2.05, 4.69) is 6.07 Å². The van der Waals surface area contributed by atoms with Crippen LogP contribution in [0.4, 0.5) is 10.5 Å². The van der Waals surface area contributed by atoms with Gasteiger partial charge in [0.15, 0.2) is 0 Å². The molecule has 0 heterocycles. The molecule has 6 heteroatoms. The van der Waals surface area contributed by atoms with Gasteiger partial charge in [0, 0.05) is 12.1 Å². The Hall–Kier alpha value is -2.89. The molecule has 0 amide bonds. The van der Waals surface area contributed by atoms with E-state index >= 15 is 0 Å². The van der Waals surface area contributed by atoms with Gasteiger partial charge >= 0.3 is 6.16 Å². The Morgan fingerprint density at radius 3 is 2.60 bits per heavy atom. The normalized spacial score (nSPS) is 9.80. The molecule has 0 N–H and O–H groups in total. The Morgan fingerprint density at radius 1 is 1.25 bits per heavy atom. The fraction of sp³-hybridized carbons (Fsp3) is 0.0714. The quantitative estimate of drug-likeness (QED) is 0.370. The van der Waals surface area contributed by atoms with Crippen LogP contribution in [0.3, 0.4) is 0 Å². The highest BCUT2D eigenvalue weighted by Gasteiger charge is 2.08. The summed E-state index contributed by atoms with van der Waals surface area (Å²) in [5, 5.41) is 10.5. The van der Waals surface area contributed by atoms with Crippen molar-refractivity contribution in [2.75, 3.05) is 0 Å². The van der Waals surface area contributed by atoms with Gasteiger partial charge in [-0.2, -0.15) is 0 Å². The summed E-state index contributed by atoms with van der Waals surface area (Å²) in [6, 6.07) is 14.9. The second kappa shape index (κ2) is 6.33. The third-order valence-electron chi connectivity index (χ3n) is 2.38. The molecule has 0 aliphatic carbocycles. The van der Waals surface area contributed by atoms with E-state index in [4.69, 9.17) is 9.47 Å². The molecule has 0 aromatic heterocycles. The molecule has 6 nitrogen and oxygen atoms in total. The molecular weight excluding hydrogens is 262 g/mol. The number of non-ortho nitro benzene ring substituents is 1. The largest absolute Gasteiger partial charge is 0.514 e. The van der Waals surface area contributed by atoms with Crippen LogP contribution in [0.2, 0.25) is 0 Å². The maximum atomic E-state index is 11.4. The van der Waals surface area contributed by atoms with Crippen molar-refractivity contribution in [3.8, 4) is 5.75 Å². The maximum Gasteiger partial charge on any atom is 0.514 e. The third kappa shape index (κ3) is 3.81. The van der Waals surface area contributed by atoms with Gasteiger partial charge in [-0.15, -0.1) is 0 Å². The first-order valence-electron chi connectivity index (χ1n) is 5.69. The number of nitro groups is 1. The topological polar surface area (TPSA) is 78.7 Å². The van der Waals surface area contributed by atoms with Crippen LogP contribution < -0.4 is 4.74 Å². The van der Waals surface area contributed by atoms with Gasteiger partial charge in [0.05, 0.1) is 4.92 Å². The monoisotopic (exact) mass is 272 g/mol. The fourth-order valence-corrected chi connectivity index (χ4v) is 1.42. The van der Waals surface area contributed by atoms with Crippen molar-refractivity contribution in [1.82, 2.24) is 0 Å². The van der Waals surface area contributed by atoms with Crippen molar-refractivity contribution in [3.63, 3.8) is 0 Å². The lowest BCUT2D eigenvalue weighted by Gasteiger charge is -2.05. The van der Waals surface area contributed by atoms with E-state index in [1.54, 1.807) is 18.2 Å². The number of benzene rings is 2. The zero-order chi connectivity index (χ0) is 14.4. The lowest BCUT2D eigenvalue weighted by atomic mass is 10.2. The summed E-state index contributed by atoms with van der Waals surface area (Å²) in [4.78, 5) is 21.4. The minimum absolute atomic E-state index is 0.0175. The molecular formula is C14H10NO5. The number of rotatable bonds is 4. The fourth-order valence-electron chi connectivity index (χ4n) is 1.42. The average Bonchev–Trinajstić information content (AvgIpc) is 2.46. The summed E-state index contributed by atoms with van der Waals surface area (Å²) >= 11 is 0. The number of hydrogen-bond acceptors (Lipinski definition) is 5. The van der Waals surface area contributed by atoms with Crippen LogP contribution in [0.25, 0.3) is 0 Å². The minimum atomic E-state index is -0.844. The molecule has 0 aliphatic heterocycles. The predicted molar refractivity (Wildman–Crippen MR) is 69.2 cm³/mol. The molecule has 0 atom stereocenters. The Bertz CT molecular complexity index is 595. The Kier molecular flexibility index (Phi) is 4.28. The number of nitrogens with zero attached hydrogens (tertiary/aromatic N) is 1. The Balaban J connectivity index is 1.85. The molecule has 20 heavy (non-hydrogen) atoms.